The average molecular weight is 348 g/mol. The Hall–Kier alpha value is -1.81. The number of carbonyl (C=O) groups is 1. The minimum Gasteiger partial charge on any atom is -0.465 e. The molecule has 0 aromatic heterocycles. The first-order valence-corrected chi connectivity index (χ1v) is 7.47. The molecule has 0 radical (unpaired) electrons. The van der Waals surface area contributed by atoms with Gasteiger partial charge in [0.15, 0.2) is 0 Å². The van der Waals surface area contributed by atoms with Crippen LogP contribution in [-0.4, -0.2) is 16.7 Å². The monoisotopic (exact) mass is 347 g/mol. The first kappa shape index (κ1) is 15.6. The molecular formula is C17H18BrNO2. The van der Waals surface area contributed by atoms with Crippen LogP contribution < -0.4 is 4.90 Å². The van der Waals surface area contributed by atoms with E-state index in [-0.39, 0.29) is 0 Å². The van der Waals surface area contributed by atoms with E-state index < -0.39 is 11.6 Å². The number of anilines is 1. The third-order valence-corrected chi connectivity index (χ3v) is 3.69. The molecule has 0 heterocycles. The highest BCUT2D eigenvalue weighted by Gasteiger charge is 2.27. The van der Waals surface area contributed by atoms with Crippen LogP contribution in [0.2, 0.25) is 0 Å². The number of carboxylic acid groups (broad SMARTS) is 1. The predicted molar refractivity (Wildman–Crippen MR) is 89.8 cm³/mol. The van der Waals surface area contributed by atoms with Crippen molar-refractivity contribution in [3.63, 3.8) is 0 Å². The molecule has 4 heteroatoms. The van der Waals surface area contributed by atoms with Gasteiger partial charge in [0.2, 0.25) is 0 Å². The van der Waals surface area contributed by atoms with Crippen LogP contribution in [0.25, 0.3) is 11.1 Å². The van der Waals surface area contributed by atoms with Gasteiger partial charge in [-0.1, -0.05) is 40.2 Å². The third-order valence-electron chi connectivity index (χ3n) is 3.17. The molecule has 3 nitrogen and oxygen atoms in total. The smallest absolute Gasteiger partial charge is 0.412 e. The minimum absolute atomic E-state index is 0.481. The van der Waals surface area contributed by atoms with Crippen LogP contribution >= 0.6 is 15.9 Å². The molecule has 0 aliphatic rings. The highest BCUT2D eigenvalue weighted by molar-refractivity contribution is 9.10. The van der Waals surface area contributed by atoms with E-state index in [1.54, 1.807) is 0 Å². The molecule has 1 N–H and O–H groups in total. The fourth-order valence-corrected chi connectivity index (χ4v) is 2.49. The maximum Gasteiger partial charge on any atom is 0.412 e. The Bertz CT molecular complexity index is 627. The van der Waals surface area contributed by atoms with E-state index in [0.717, 1.165) is 15.6 Å². The normalized spacial score (nSPS) is 11.2. The summed E-state index contributed by atoms with van der Waals surface area (Å²) in [5, 5.41) is 9.40. The Morgan fingerprint density at radius 2 is 1.38 bits per heavy atom. The summed E-state index contributed by atoms with van der Waals surface area (Å²) in [5.41, 5.74) is 2.36. The molecular weight excluding hydrogens is 330 g/mol. The number of hydrogen-bond acceptors (Lipinski definition) is 1. The Morgan fingerprint density at radius 1 is 0.952 bits per heavy atom. The lowest BCUT2D eigenvalue weighted by atomic mass is 10.0. The second-order valence-corrected chi connectivity index (χ2v) is 6.76. The molecule has 0 bridgehead atoms. The Kier molecular flexibility index (Phi) is 4.37. The number of amides is 1. The Balaban J connectivity index is 2.34. The van der Waals surface area contributed by atoms with Crippen LogP contribution in [0.4, 0.5) is 10.5 Å². The lowest BCUT2D eigenvalue weighted by Crippen LogP contribution is -2.45. The van der Waals surface area contributed by atoms with Crippen LogP contribution in [0.5, 0.6) is 0 Å². The zero-order valence-electron chi connectivity index (χ0n) is 12.3. The Labute approximate surface area is 133 Å². The first-order chi connectivity index (χ1) is 9.79. The van der Waals surface area contributed by atoms with Crippen LogP contribution in [-0.2, 0) is 0 Å². The summed E-state index contributed by atoms with van der Waals surface area (Å²) < 4.78 is 1.03. The average Bonchev–Trinajstić information content (AvgIpc) is 2.38. The van der Waals surface area contributed by atoms with Gasteiger partial charge < -0.3 is 5.11 Å². The molecule has 0 aliphatic carbocycles. The van der Waals surface area contributed by atoms with Gasteiger partial charge in [-0.05, 0) is 56.2 Å². The van der Waals surface area contributed by atoms with Crippen molar-refractivity contribution in [2.45, 2.75) is 26.3 Å². The molecule has 2 aromatic carbocycles. The number of rotatable bonds is 2. The van der Waals surface area contributed by atoms with Gasteiger partial charge in [-0.25, -0.2) is 4.79 Å². The molecule has 2 rings (SSSR count). The molecule has 0 atom stereocenters. The lowest BCUT2D eigenvalue weighted by Gasteiger charge is -2.33. The molecule has 110 valence electrons. The van der Waals surface area contributed by atoms with Crippen molar-refractivity contribution in [3.8, 4) is 11.1 Å². The Morgan fingerprint density at radius 3 is 1.76 bits per heavy atom. The summed E-state index contributed by atoms with van der Waals surface area (Å²) in [7, 11) is 0. The standard InChI is InChI=1S/C17H18BrNO2/c1-17(2,3)19(16(20)21)15-10-6-13(7-11-15)12-4-8-14(18)9-5-12/h4-11H,1-3H3,(H,20,21). The molecule has 0 saturated carbocycles. The van der Waals surface area contributed by atoms with Crippen LogP contribution in [0.3, 0.4) is 0 Å². The van der Waals surface area contributed by atoms with Crippen LogP contribution in [0.15, 0.2) is 53.0 Å². The van der Waals surface area contributed by atoms with E-state index in [1.807, 2.05) is 69.3 Å². The second-order valence-electron chi connectivity index (χ2n) is 5.84. The molecule has 0 saturated heterocycles. The van der Waals surface area contributed by atoms with Gasteiger partial charge in [0.1, 0.15) is 0 Å². The second kappa shape index (κ2) is 5.90. The predicted octanol–water partition coefficient (Wildman–Crippen LogP) is 5.40. The maximum atomic E-state index is 11.5. The largest absolute Gasteiger partial charge is 0.465 e. The number of halogens is 1. The SMILES string of the molecule is CC(C)(C)N(C(=O)O)c1ccc(-c2ccc(Br)cc2)cc1. The van der Waals surface area contributed by atoms with Crippen molar-refractivity contribution in [2.24, 2.45) is 0 Å². The molecule has 0 fully saturated rings. The maximum absolute atomic E-state index is 11.5. The van der Waals surface area contributed by atoms with E-state index in [0.29, 0.717) is 5.69 Å². The molecule has 0 spiro atoms. The molecule has 2 aromatic rings. The molecule has 1 amide bonds. The zero-order valence-corrected chi connectivity index (χ0v) is 13.9. The van der Waals surface area contributed by atoms with Crippen molar-refractivity contribution in [3.05, 3.63) is 53.0 Å². The highest BCUT2D eigenvalue weighted by Crippen LogP contribution is 2.28. The van der Waals surface area contributed by atoms with Gasteiger partial charge in [0.05, 0.1) is 0 Å². The quantitative estimate of drug-likeness (QED) is 0.789. The summed E-state index contributed by atoms with van der Waals surface area (Å²) in [5.74, 6) is 0. The highest BCUT2D eigenvalue weighted by atomic mass is 79.9. The van der Waals surface area contributed by atoms with Gasteiger partial charge in [-0.3, -0.25) is 4.90 Å². The van der Waals surface area contributed by atoms with Crippen molar-refractivity contribution < 1.29 is 9.90 Å². The van der Waals surface area contributed by atoms with E-state index in [1.165, 1.54) is 4.90 Å². The molecule has 0 aliphatic heterocycles. The summed E-state index contributed by atoms with van der Waals surface area (Å²) >= 11 is 3.41. The zero-order chi connectivity index (χ0) is 15.6. The van der Waals surface area contributed by atoms with Crippen molar-refractivity contribution in [2.75, 3.05) is 4.90 Å². The summed E-state index contributed by atoms with van der Waals surface area (Å²) in [6.45, 7) is 5.64. The van der Waals surface area contributed by atoms with Crippen molar-refractivity contribution in [1.29, 1.82) is 0 Å². The topological polar surface area (TPSA) is 40.5 Å². The van der Waals surface area contributed by atoms with Gasteiger partial charge in [-0.15, -0.1) is 0 Å². The van der Waals surface area contributed by atoms with Gasteiger partial charge >= 0.3 is 6.09 Å². The number of benzene rings is 2. The number of nitrogens with zero attached hydrogens (tertiary/aromatic N) is 1. The number of hydrogen-bond donors (Lipinski definition) is 1. The first-order valence-electron chi connectivity index (χ1n) is 6.68. The molecule has 0 unspecified atom stereocenters. The van der Waals surface area contributed by atoms with E-state index in [9.17, 15) is 9.90 Å². The molecule has 21 heavy (non-hydrogen) atoms. The lowest BCUT2D eigenvalue weighted by molar-refractivity contribution is 0.195. The fraction of sp³-hybridized carbons (Fsp3) is 0.235. The van der Waals surface area contributed by atoms with E-state index >= 15 is 0 Å². The van der Waals surface area contributed by atoms with Crippen LogP contribution in [0.1, 0.15) is 20.8 Å². The summed E-state index contributed by atoms with van der Waals surface area (Å²) in [4.78, 5) is 12.8. The fourth-order valence-electron chi connectivity index (χ4n) is 2.23. The van der Waals surface area contributed by atoms with E-state index in [2.05, 4.69) is 15.9 Å². The van der Waals surface area contributed by atoms with Crippen molar-refractivity contribution in [1.82, 2.24) is 0 Å². The van der Waals surface area contributed by atoms with Gasteiger partial charge in [0, 0.05) is 15.7 Å². The van der Waals surface area contributed by atoms with E-state index in [4.69, 9.17) is 0 Å². The van der Waals surface area contributed by atoms with Gasteiger partial charge in [0.25, 0.3) is 0 Å². The third kappa shape index (κ3) is 3.64. The van der Waals surface area contributed by atoms with Gasteiger partial charge in [-0.2, -0.15) is 0 Å². The van der Waals surface area contributed by atoms with Crippen molar-refractivity contribution >= 4 is 27.7 Å². The summed E-state index contributed by atoms with van der Waals surface area (Å²) in [6, 6.07) is 15.6. The summed E-state index contributed by atoms with van der Waals surface area (Å²) in [6.07, 6.45) is -0.945. The van der Waals surface area contributed by atoms with Crippen LogP contribution in [0, 0.1) is 0 Å². The minimum atomic E-state index is -0.945.